The minimum absolute atomic E-state index is 0.273. The van der Waals surface area contributed by atoms with E-state index >= 15 is 0 Å². The Labute approximate surface area is 111 Å². The Morgan fingerprint density at radius 1 is 1.28 bits per heavy atom. The van der Waals surface area contributed by atoms with Gasteiger partial charge < -0.3 is 5.32 Å². The fourth-order valence-electron chi connectivity index (χ4n) is 2.30. The molecule has 1 fully saturated rings. The molecular formula is C12H27N3O2S. The highest BCUT2D eigenvalue weighted by molar-refractivity contribution is 7.90. The van der Waals surface area contributed by atoms with Crippen molar-refractivity contribution in [1.29, 1.82) is 0 Å². The van der Waals surface area contributed by atoms with E-state index in [-0.39, 0.29) is 12.1 Å². The lowest BCUT2D eigenvalue weighted by Gasteiger charge is -2.39. The highest BCUT2D eigenvalue weighted by Gasteiger charge is 2.30. The van der Waals surface area contributed by atoms with E-state index in [9.17, 15) is 8.42 Å². The highest BCUT2D eigenvalue weighted by Crippen LogP contribution is 2.21. The van der Waals surface area contributed by atoms with Gasteiger partial charge >= 0.3 is 0 Å². The van der Waals surface area contributed by atoms with Crippen LogP contribution in [0.15, 0.2) is 0 Å². The van der Waals surface area contributed by atoms with Gasteiger partial charge in [0.1, 0.15) is 0 Å². The first-order valence-electron chi connectivity index (χ1n) is 6.88. The van der Waals surface area contributed by atoms with Crippen LogP contribution < -0.4 is 10.1 Å². The molecule has 2 N–H and O–H groups in total. The summed E-state index contributed by atoms with van der Waals surface area (Å²) in [5.41, 5.74) is 0. The van der Waals surface area contributed by atoms with Gasteiger partial charge in [0, 0.05) is 18.6 Å². The first-order valence-corrected chi connectivity index (χ1v) is 8.43. The van der Waals surface area contributed by atoms with Gasteiger partial charge in [0.05, 0.1) is 5.25 Å². The molecule has 1 aliphatic rings. The molecule has 1 saturated heterocycles. The Bertz CT molecular complexity index is 335. The molecule has 108 valence electrons. The van der Waals surface area contributed by atoms with Crippen molar-refractivity contribution in [3.05, 3.63) is 0 Å². The van der Waals surface area contributed by atoms with Crippen molar-refractivity contribution in [2.24, 2.45) is 0 Å². The number of piperidine rings is 1. The third kappa shape index (κ3) is 4.19. The zero-order chi connectivity index (χ0) is 13.8. The maximum atomic E-state index is 12.2. The van der Waals surface area contributed by atoms with Crippen LogP contribution >= 0.6 is 0 Å². The summed E-state index contributed by atoms with van der Waals surface area (Å²) < 4.78 is 24.4. The Hall–Kier alpha value is -0.170. The summed E-state index contributed by atoms with van der Waals surface area (Å²) in [4.78, 5) is 2.77. The van der Waals surface area contributed by atoms with Crippen LogP contribution in [-0.2, 0) is 10.0 Å². The first kappa shape index (κ1) is 15.9. The van der Waals surface area contributed by atoms with Crippen LogP contribution in [0.1, 0.15) is 47.0 Å². The van der Waals surface area contributed by atoms with E-state index in [2.05, 4.69) is 24.0 Å². The third-order valence-electron chi connectivity index (χ3n) is 3.64. The number of nitrogens with one attached hydrogen (secondary N) is 2. The average Bonchev–Trinajstić information content (AvgIpc) is 2.31. The van der Waals surface area contributed by atoms with Crippen molar-refractivity contribution in [2.45, 2.75) is 64.3 Å². The molecule has 0 aromatic heterocycles. The minimum atomic E-state index is -3.28. The Balaban J connectivity index is 2.63. The van der Waals surface area contributed by atoms with Crippen LogP contribution in [0.2, 0.25) is 0 Å². The lowest BCUT2D eigenvalue weighted by molar-refractivity contribution is 0.0786. The molecule has 5 nitrogen and oxygen atoms in total. The molecule has 1 heterocycles. The molecule has 0 spiro atoms. The molecule has 0 aromatic rings. The first-order chi connectivity index (χ1) is 8.38. The minimum Gasteiger partial charge on any atom is -0.316 e. The molecule has 3 unspecified atom stereocenters. The molecular weight excluding hydrogens is 250 g/mol. The van der Waals surface area contributed by atoms with Crippen molar-refractivity contribution >= 4 is 10.0 Å². The lowest BCUT2D eigenvalue weighted by atomic mass is 10.0. The molecule has 0 aromatic carbocycles. The van der Waals surface area contributed by atoms with Crippen LogP contribution in [0.25, 0.3) is 0 Å². The molecule has 0 aliphatic carbocycles. The fourth-order valence-corrected chi connectivity index (χ4v) is 3.47. The van der Waals surface area contributed by atoms with E-state index in [0.717, 1.165) is 19.4 Å². The lowest BCUT2D eigenvalue weighted by Crippen LogP contribution is -2.56. The Morgan fingerprint density at radius 3 is 2.33 bits per heavy atom. The summed E-state index contributed by atoms with van der Waals surface area (Å²) in [5.74, 6) is 0. The summed E-state index contributed by atoms with van der Waals surface area (Å²) in [6.07, 6.45) is 3.27. The van der Waals surface area contributed by atoms with Gasteiger partial charge in [-0.15, -0.1) is 4.83 Å². The fraction of sp³-hybridized carbons (Fsp3) is 1.00. The number of nitrogens with zero attached hydrogens (tertiary/aromatic N) is 1. The van der Waals surface area contributed by atoms with E-state index < -0.39 is 15.3 Å². The predicted molar refractivity (Wildman–Crippen MR) is 74.7 cm³/mol. The van der Waals surface area contributed by atoms with Gasteiger partial charge in [-0.3, -0.25) is 0 Å². The van der Waals surface area contributed by atoms with E-state index in [1.165, 1.54) is 6.42 Å². The Morgan fingerprint density at radius 2 is 1.83 bits per heavy atom. The van der Waals surface area contributed by atoms with E-state index in [0.29, 0.717) is 6.54 Å². The second kappa shape index (κ2) is 6.84. The number of sulfonamides is 1. The van der Waals surface area contributed by atoms with Gasteiger partial charge in [-0.05, 0) is 40.2 Å². The van der Waals surface area contributed by atoms with Gasteiger partial charge in [0.15, 0.2) is 0 Å². The predicted octanol–water partition coefficient (Wildman–Crippen LogP) is 1.08. The van der Waals surface area contributed by atoms with Crippen LogP contribution in [0.3, 0.4) is 0 Å². The van der Waals surface area contributed by atoms with Gasteiger partial charge in [-0.2, -0.15) is 0 Å². The summed E-state index contributed by atoms with van der Waals surface area (Å²) >= 11 is 0. The maximum Gasteiger partial charge on any atom is 0.228 e. The van der Waals surface area contributed by atoms with Crippen LogP contribution in [0, 0.1) is 0 Å². The second-order valence-corrected chi connectivity index (χ2v) is 7.37. The van der Waals surface area contributed by atoms with Gasteiger partial charge in [-0.1, -0.05) is 13.3 Å². The SMILES string of the molecule is CCNCC(C)S(=O)(=O)NN1C(C)CCCC1C. The van der Waals surface area contributed by atoms with Crippen molar-refractivity contribution < 1.29 is 8.42 Å². The largest absolute Gasteiger partial charge is 0.316 e. The molecule has 6 heteroatoms. The summed E-state index contributed by atoms with van der Waals surface area (Å²) in [5, 5.41) is 4.56. The molecule has 1 aliphatic heterocycles. The number of hydrazine groups is 1. The normalized spacial score (nSPS) is 28.2. The van der Waals surface area contributed by atoms with Crippen molar-refractivity contribution in [3.8, 4) is 0 Å². The van der Waals surface area contributed by atoms with Crippen LogP contribution in [0.4, 0.5) is 0 Å². The summed E-state index contributed by atoms with van der Waals surface area (Å²) in [6.45, 7) is 9.14. The quantitative estimate of drug-likeness (QED) is 0.763. The monoisotopic (exact) mass is 277 g/mol. The van der Waals surface area contributed by atoms with Gasteiger partial charge in [0.25, 0.3) is 0 Å². The maximum absolute atomic E-state index is 12.2. The molecule has 0 saturated carbocycles. The van der Waals surface area contributed by atoms with Gasteiger partial charge in [0.2, 0.25) is 10.0 Å². The van der Waals surface area contributed by atoms with Gasteiger partial charge in [-0.25, -0.2) is 13.4 Å². The van der Waals surface area contributed by atoms with Crippen molar-refractivity contribution in [3.63, 3.8) is 0 Å². The Kier molecular flexibility index (Phi) is 6.04. The smallest absolute Gasteiger partial charge is 0.228 e. The average molecular weight is 277 g/mol. The molecule has 1 rings (SSSR count). The van der Waals surface area contributed by atoms with E-state index in [4.69, 9.17) is 0 Å². The topological polar surface area (TPSA) is 61.4 Å². The van der Waals surface area contributed by atoms with Crippen LogP contribution in [-0.4, -0.2) is 43.8 Å². The standard InChI is InChI=1S/C12H27N3O2S/c1-5-13-9-12(4)18(16,17)14-15-10(2)7-6-8-11(15)3/h10-14H,5-9H2,1-4H3. The summed E-state index contributed by atoms with van der Waals surface area (Å²) in [6, 6.07) is 0.546. The molecule has 0 bridgehead atoms. The zero-order valence-electron chi connectivity index (χ0n) is 11.9. The molecule has 0 radical (unpaired) electrons. The molecule has 0 amide bonds. The second-order valence-electron chi connectivity index (χ2n) is 5.29. The highest BCUT2D eigenvalue weighted by atomic mass is 32.2. The van der Waals surface area contributed by atoms with Crippen molar-refractivity contribution in [1.82, 2.24) is 15.2 Å². The zero-order valence-corrected chi connectivity index (χ0v) is 12.8. The molecule has 3 atom stereocenters. The van der Waals surface area contributed by atoms with E-state index in [1.54, 1.807) is 6.92 Å². The third-order valence-corrected chi connectivity index (χ3v) is 5.33. The number of hydrogen-bond donors (Lipinski definition) is 2. The summed E-state index contributed by atoms with van der Waals surface area (Å²) in [7, 11) is -3.28. The van der Waals surface area contributed by atoms with Crippen LogP contribution in [0.5, 0.6) is 0 Å². The van der Waals surface area contributed by atoms with Crippen molar-refractivity contribution in [2.75, 3.05) is 13.1 Å². The number of rotatable bonds is 6. The van der Waals surface area contributed by atoms with E-state index in [1.807, 2.05) is 11.9 Å². The number of hydrogen-bond acceptors (Lipinski definition) is 4. The molecule has 18 heavy (non-hydrogen) atoms.